The predicted molar refractivity (Wildman–Crippen MR) is 162 cm³/mol. The summed E-state index contributed by atoms with van der Waals surface area (Å²) >= 11 is 0. The van der Waals surface area contributed by atoms with Crippen molar-refractivity contribution < 1.29 is 37.6 Å². The minimum Gasteiger partial charge on any atom is -0.493 e. The lowest BCUT2D eigenvalue weighted by molar-refractivity contribution is 0.259. The molecule has 0 fully saturated rings. The van der Waals surface area contributed by atoms with Gasteiger partial charge in [-0.3, -0.25) is 4.79 Å². The summed E-state index contributed by atoms with van der Waals surface area (Å²) in [6.45, 7) is 0.502. The number of fused-ring (bicyclic) bond motifs is 1. The molecule has 9 nitrogen and oxygen atoms in total. The second kappa shape index (κ2) is 13.1. The number of rotatable bonds is 12. The third-order valence-electron chi connectivity index (χ3n) is 6.80. The summed E-state index contributed by atoms with van der Waals surface area (Å²) in [5, 5.41) is 0.146. The average Bonchev–Trinajstić information content (AvgIpc) is 3.05. The fourth-order valence-corrected chi connectivity index (χ4v) is 4.77. The van der Waals surface area contributed by atoms with Crippen LogP contribution in [0.25, 0.3) is 22.3 Å². The molecule has 0 atom stereocenters. The Hall–Kier alpha value is -5.31. The molecule has 0 N–H and O–H groups in total. The van der Waals surface area contributed by atoms with Crippen molar-refractivity contribution in [2.75, 3.05) is 35.5 Å². The molecular weight excluding hydrogens is 552 g/mol. The lowest BCUT2D eigenvalue weighted by Gasteiger charge is -2.19. The van der Waals surface area contributed by atoms with Crippen LogP contribution >= 0.6 is 0 Å². The molecule has 222 valence electrons. The fourth-order valence-electron chi connectivity index (χ4n) is 4.77. The Morgan fingerprint density at radius 3 is 1.67 bits per heavy atom. The second-order valence-corrected chi connectivity index (χ2v) is 9.37. The van der Waals surface area contributed by atoms with Gasteiger partial charge in [-0.2, -0.15) is 0 Å². The Labute approximate surface area is 249 Å². The maximum absolute atomic E-state index is 13.7. The molecular formula is C34H32O9. The van der Waals surface area contributed by atoms with E-state index in [0.29, 0.717) is 29.4 Å². The van der Waals surface area contributed by atoms with Gasteiger partial charge in [-0.25, -0.2) is 0 Å². The van der Waals surface area contributed by atoms with Crippen LogP contribution in [0.15, 0.2) is 88.1 Å². The maximum atomic E-state index is 13.7. The van der Waals surface area contributed by atoms with E-state index < -0.39 is 0 Å². The van der Waals surface area contributed by atoms with Gasteiger partial charge in [0.15, 0.2) is 28.3 Å². The van der Waals surface area contributed by atoms with E-state index in [1.165, 1.54) is 41.6 Å². The van der Waals surface area contributed by atoms with E-state index in [-0.39, 0.29) is 51.8 Å². The van der Waals surface area contributed by atoms with Crippen LogP contribution in [0, 0.1) is 0 Å². The van der Waals surface area contributed by atoms with E-state index in [0.717, 1.165) is 11.1 Å². The first-order valence-corrected chi connectivity index (χ1v) is 13.4. The van der Waals surface area contributed by atoms with Gasteiger partial charge >= 0.3 is 0 Å². The first kappa shape index (κ1) is 29.2. The van der Waals surface area contributed by atoms with Gasteiger partial charge in [0.1, 0.15) is 24.4 Å². The van der Waals surface area contributed by atoms with Crippen LogP contribution in [-0.4, -0.2) is 35.5 Å². The zero-order chi connectivity index (χ0) is 30.3. The summed E-state index contributed by atoms with van der Waals surface area (Å²) in [4.78, 5) is 13.7. The maximum Gasteiger partial charge on any atom is 0.211 e. The number of ether oxygens (including phenoxy) is 7. The van der Waals surface area contributed by atoms with Gasteiger partial charge in [-0.05, 0) is 23.3 Å². The average molecular weight is 585 g/mol. The van der Waals surface area contributed by atoms with E-state index >= 15 is 0 Å². The largest absolute Gasteiger partial charge is 0.493 e. The third-order valence-corrected chi connectivity index (χ3v) is 6.80. The standard InChI is InChI=1S/C34H32O9/c1-36-26-16-23(17-27(29(26)37-2)41-19-21-12-8-6-9-13-21)25-18-24(35)28-30(38-3)32(39-4)34(33(40-5)31(28)43-25)42-20-22-14-10-7-11-15-22/h6-18H,19-20H2,1-5H3. The molecule has 0 saturated heterocycles. The first-order valence-electron chi connectivity index (χ1n) is 13.4. The number of benzene rings is 4. The summed E-state index contributed by atoms with van der Waals surface area (Å²) in [5.41, 5.74) is 2.17. The molecule has 0 aliphatic rings. The molecule has 0 bridgehead atoms. The molecule has 43 heavy (non-hydrogen) atoms. The van der Waals surface area contributed by atoms with Crippen molar-refractivity contribution in [3.63, 3.8) is 0 Å². The Balaban J connectivity index is 1.66. The third kappa shape index (κ3) is 5.88. The van der Waals surface area contributed by atoms with E-state index in [1.54, 1.807) is 12.1 Å². The van der Waals surface area contributed by atoms with Gasteiger partial charge in [-0.1, -0.05) is 60.7 Å². The molecule has 5 rings (SSSR count). The topological polar surface area (TPSA) is 94.8 Å². The van der Waals surface area contributed by atoms with Gasteiger partial charge in [0, 0.05) is 11.6 Å². The highest BCUT2D eigenvalue weighted by Gasteiger charge is 2.28. The highest BCUT2D eigenvalue weighted by atomic mass is 16.6. The monoisotopic (exact) mass is 584 g/mol. The Bertz CT molecular complexity index is 1760. The van der Waals surface area contributed by atoms with Crippen LogP contribution in [0.3, 0.4) is 0 Å². The molecule has 5 aromatic rings. The van der Waals surface area contributed by atoms with Gasteiger partial charge in [0.25, 0.3) is 0 Å². The molecule has 9 heteroatoms. The zero-order valence-corrected chi connectivity index (χ0v) is 24.6. The summed E-state index contributed by atoms with van der Waals surface area (Å²) < 4.78 is 47.0. The molecule has 0 saturated carbocycles. The number of hydrogen-bond acceptors (Lipinski definition) is 9. The summed E-state index contributed by atoms with van der Waals surface area (Å²) in [6.07, 6.45) is 0. The SMILES string of the molecule is COc1cc(-c2cc(=O)c3c(OC)c(OC)c(OCc4ccccc4)c(OC)c3o2)cc(OCc2ccccc2)c1OC. The Morgan fingerprint density at radius 1 is 0.558 bits per heavy atom. The van der Waals surface area contributed by atoms with Crippen molar-refractivity contribution in [1.29, 1.82) is 0 Å². The minimum absolute atomic E-state index is 0.132. The van der Waals surface area contributed by atoms with E-state index in [4.69, 9.17) is 37.6 Å². The molecule has 0 aliphatic heterocycles. The quantitative estimate of drug-likeness (QED) is 0.160. The highest BCUT2D eigenvalue weighted by Crippen LogP contribution is 2.51. The molecule has 4 aromatic carbocycles. The summed E-state index contributed by atoms with van der Waals surface area (Å²) in [7, 11) is 7.44. The lowest BCUT2D eigenvalue weighted by Crippen LogP contribution is -2.08. The normalized spacial score (nSPS) is 10.7. The fraction of sp³-hybridized carbons (Fsp3) is 0.206. The zero-order valence-electron chi connectivity index (χ0n) is 24.6. The Kier molecular flexibility index (Phi) is 8.90. The highest BCUT2D eigenvalue weighted by molar-refractivity contribution is 5.95. The van der Waals surface area contributed by atoms with Crippen molar-refractivity contribution in [2.24, 2.45) is 0 Å². The van der Waals surface area contributed by atoms with E-state index in [1.807, 2.05) is 60.7 Å². The smallest absolute Gasteiger partial charge is 0.211 e. The van der Waals surface area contributed by atoms with Gasteiger partial charge < -0.3 is 37.6 Å². The van der Waals surface area contributed by atoms with Crippen LogP contribution in [0.2, 0.25) is 0 Å². The summed E-state index contributed by atoms with van der Waals surface area (Å²) in [5.74, 6) is 2.26. The molecule has 1 heterocycles. The molecule has 0 aliphatic carbocycles. The van der Waals surface area contributed by atoms with Crippen molar-refractivity contribution in [3.8, 4) is 51.6 Å². The van der Waals surface area contributed by atoms with Crippen molar-refractivity contribution in [3.05, 3.63) is 100 Å². The molecule has 0 spiro atoms. The van der Waals surface area contributed by atoms with Crippen LogP contribution in [0.5, 0.6) is 40.2 Å². The number of hydrogen-bond donors (Lipinski definition) is 0. The Morgan fingerprint density at radius 2 is 1.12 bits per heavy atom. The lowest BCUT2D eigenvalue weighted by atomic mass is 10.1. The summed E-state index contributed by atoms with van der Waals surface area (Å²) in [6, 6.07) is 24.2. The number of methoxy groups -OCH3 is 5. The van der Waals surface area contributed by atoms with Crippen molar-refractivity contribution in [2.45, 2.75) is 13.2 Å². The van der Waals surface area contributed by atoms with Crippen molar-refractivity contribution in [1.82, 2.24) is 0 Å². The van der Waals surface area contributed by atoms with Crippen molar-refractivity contribution >= 4 is 11.0 Å². The van der Waals surface area contributed by atoms with Crippen LogP contribution in [0.4, 0.5) is 0 Å². The second-order valence-electron chi connectivity index (χ2n) is 9.37. The van der Waals surface area contributed by atoms with Crippen LogP contribution in [-0.2, 0) is 13.2 Å². The molecule has 0 radical (unpaired) electrons. The first-order chi connectivity index (χ1) is 21.0. The van der Waals surface area contributed by atoms with Gasteiger partial charge in [0.05, 0.1) is 35.5 Å². The van der Waals surface area contributed by atoms with E-state index in [2.05, 4.69) is 0 Å². The predicted octanol–water partition coefficient (Wildman–Crippen LogP) is 6.66. The van der Waals surface area contributed by atoms with Crippen LogP contribution < -0.4 is 38.6 Å². The molecule has 0 unspecified atom stereocenters. The van der Waals surface area contributed by atoms with Crippen LogP contribution in [0.1, 0.15) is 11.1 Å². The minimum atomic E-state index is -0.374. The van der Waals surface area contributed by atoms with E-state index in [9.17, 15) is 4.79 Å². The molecule has 0 amide bonds. The van der Waals surface area contributed by atoms with Gasteiger partial charge in [0.2, 0.25) is 23.0 Å². The molecule has 1 aromatic heterocycles. The van der Waals surface area contributed by atoms with Gasteiger partial charge in [-0.15, -0.1) is 0 Å².